The van der Waals surface area contributed by atoms with Gasteiger partial charge in [0, 0.05) is 41.8 Å². The van der Waals surface area contributed by atoms with E-state index in [9.17, 15) is 27.2 Å². The Hall–Kier alpha value is -3.66. The Balaban J connectivity index is 1.58. The number of pyridine rings is 2. The van der Waals surface area contributed by atoms with Crippen molar-refractivity contribution in [3.05, 3.63) is 87.1 Å². The van der Waals surface area contributed by atoms with Gasteiger partial charge in [-0.2, -0.15) is 0 Å². The molecule has 0 aliphatic carbocycles. The highest BCUT2D eigenvalue weighted by molar-refractivity contribution is 5.96. The van der Waals surface area contributed by atoms with Crippen LogP contribution < -0.4 is 5.56 Å². The van der Waals surface area contributed by atoms with Gasteiger partial charge in [0.1, 0.15) is 0 Å². The van der Waals surface area contributed by atoms with Gasteiger partial charge in [-0.15, -0.1) is 0 Å². The average molecular weight is 459 g/mol. The van der Waals surface area contributed by atoms with E-state index in [2.05, 4.69) is 4.98 Å². The molecule has 0 fully saturated rings. The van der Waals surface area contributed by atoms with Gasteiger partial charge in [0.15, 0.2) is 11.6 Å². The van der Waals surface area contributed by atoms with Gasteiger partial charge >= 0.3 is 0 Å². The van der Waals surface area contributed by atoms with Crippen LogP contribution in [0.5, 0.6) is 0 Å². The minimum atomic E-state index is -2.64. The van der Waals surface area contributed by atoms with Crippen molar-refractivity contribution >= 4 is 22.2 Å². The summed E-state index contributed by atoms with van der Waals surface area (Å²) in [4.78, 5) is 29.7. The molecule has 10 heteroatoms. The van der Waals surface area contributed by atoms with Crippen molar-refractivity contribution in [1.29, 1.82) is 0 Å². The maximum Gasteiger partial charge on any atom is 0.263 e. The number of nitrogens with one attached hydrogen (secondary N) is 1. The van der Waals surface area contributed by atoms with Crippen LogP contribution in [0.2, 0.25) is 0 Å². The summed E-state index contributed by atoms with van der Waals surface area (Å²) in [6, 6.07) is 5.15. The largest absolute Gasteiger partial charge is 0.373 e. The first-order valence-corrected chi connectivity index (χ1v) is 10.0. The van der Waals surface area contributed by atoms with E-state index >= 15 is 0 Å². The maximum atomic E-state index is 14.1. The first kappa shape index (κ1) is 21.2. The second kappa shape index (κ2) is 7.73. The Bertz CT molecular complexity index is 1480. The Morgan fingerprint density at radius 1 is 1.18 bits per heavy atom. The van der Waals surface area contributed by atoms with E-state index in [1.165, 1.54) is 42.5 Å². The SMILES string of the molecule is CN(C(=O)c1cc2cc(C(F)F)ccn2c1)[C@H]1COCc2[nH]c(=O)c3cc(F)c(F)cc3c21. The maximum absolute atomic E-state index is 14.1. The number of hydrogen-bond acceptors (Lipinski definition) is 3. The van der Waals surface area contributed by atoms with Crippen molar-refractivity contribution < 1.29 is 27.1 Å². The highest BCUT2D eigenvalue weighted by Crippen LogP contribution is 2.34. The van der Waals surface area contributed by atoms with Crippen LogP contribution in [0.25, 0.3) is 16.3 Å². The molecule has 33 heavy (non-hydrogen) atoms. The van der Waals surface area contributed by atoms with Crippen molar-refractivity contribution in [2.45, 2.75) is 19.1 Å². The molecule has 0 bridgehead atoms. The highest BCUT2D eigenvalue weighted by Gasteiger charge is 2.32. The van der Waals surface area contributed by atoms with E-state index in [0.717, 1.165) is 12.1 Å². The molecule has 1 aromatic carbocycles. The molecular formula is C23H17F4N3O3. The molecule has 0 unspecified atom stereocenters. The van der Waals surface area contributed by atoms with Crippen molar-refractivity contribution in [2.24, 2.45) is 0 Å². The van der Waals surface area contributed by atoms with Gasteiger partial charge in [0.05, 0.1) is 30.2 Å². The fourth-order valence-electron chi connectivity index (χ4n) is 4.27. The van der Waals surface area contributed by atoms with Crippen LogP contribution in [-0.2, 0) is 11.3 Å². The minimum Gasteiger partial charge on any atom is -0.373 e. The molecule has 0 spiro atoms. The lowest BCUT2D eigenvalue weighted by Gasteiger charge is -2.33. The molecule has 0 saturated heterocycles. The van der Waals surface area contributed by atoms with Gasteiger partial charge in [-0.3, -0.25) is 9.59 Å². The third-order valence-electron chi connectivity index (χ3n) is 5.95. The number of carbonyl (C=O) groups excluding carboxylic acids is 1. The second-order valence-electron chi connectivity index (χ2n) is 7.93. The lowest BCUT2D eigenvalue weighted by atomic mass is 9.95. The monoisotopic (exact) mass is 459 g/mol. The lowest BCUT2D eigenvalue weighted by Crippen LogP contribution is -2.37. The van der Waals surface area contributed by atoms with Gasteiger partial charge in [-0.05, 0) is 35.7 Å². The Kier molecular flexibility index (Phi) is 4.97. The summed E-state index contributed by atoms with van der Waals surface area (Å²) in [5.41, 5.74) is 0.771. The predicted molar refractivity (Wildman–Crippen MR) is 111 cm³/mol. The van der Waals surface area contributed by atoms with Gasteiger partial charge in [-0.1, -0.05) is 0 Å². The zero-order valence-corrected chi connectivity index (χ0v) is 17.2. The molecule has 4 aromatic rings. The topological polar surface area (TPSA) is 66.8 Å². The molecule has 1 amide bonds. The molecule has 0 radical (unpaired) electrons. The normalized spacial score (nSPS) is 15.9. The quantitative estimate of drug-likeness (QED) is 0.464. The number of amides is 1. The summed E-state index contributed by atoms with van der Waals surface area (Å²) < 4.78 is 61.0. The standard InChI is InChI=1S/C23H17F4N3O3/c1-29(23(32)12-5-13-4-11(21(26)27)2-3-30(13)8-12)19-10-33-9-18-20(19)14-6-16(24)17(25)7-15(14)22(31)28-18/h2-8,19,21H,9-10H2,1H3,(H,28,31)/t19-/m0/s1. The number of aromatic nitrogens is 2. The van der Waals surface area contributed by atoms with Crippen molar-refractivity contribution in [2.75, 3.05) is 13.7 Å². The number of fused-ring (bicyclic) bond motifs is 4. The number of rotatable bonds is 3. The number of carbonyl (C=O) groups is 1. The van der Waals surface area contributed by atoms with Gasteiger partial charge in [-0.25, -0.2) is 17.6 Å². The predicted octanol–water partition coefficient (Wildman–Crippen LogP) is 4.34. The first-order chi connectivity index (χ1) is 15.7. The molecule has 6 nitrogen and oxygen atoms in total. The molecule has 1 aliphatic rings. The van der Waals surface area contributed by atoms with Crippen LogP contribution in [0.3, 0.4) is 0 Å². The van der Waals surface area contributed by atoms with E-state index in [0.29, 0.717) is 16.8 Å². The molecular weight excluding hydrogens is 442 g/mol. The van der Waals surface area contributed by atoms with Crippen LogP contribution in [0.15, 0.2) is 47.5 Å². The Morgan fingerprint density at radius 2 is 1.91 bits per heavy atom. The number of likely N-dealkylation sites (N-methyl/N-ethyl adjacent to an activating group) is 1. The molecule has 4 heterocycles. The van der Waals surface area contributed by atoms with Gasteiger partial charge in [0.25, 0.3) is 17.9 Å². The van der Waals surface area contributed by atoms with E-state index in [1.807, 2.05) is 0 Å². The van der Waals surface area contributed by atoms with Crippen LogP contribution in [-0.4, -0.2) is 33.8 Å². The second-order valence-corrected chi connectivity index (χ2v) is 7.93. The molecule has 1 N–H and O–H groups in total. The van der Waals surface area contributed by atoms with Gasteiger partial charge in [0.2, 0.25) is 0 Å². The fraction of sp³-hybridized carbons (Fsp3) is 0.217. The summed E-state index contributed by atoms with van der Waals surface area (Å²) in [6.45, 7) is 0.114. The number of hydrogen-bond donors (Lipinski definition) is 1. The smallest absolute Gasteiger partial charge is 0.263 e. The van der Waals surface area contributed by atoms with Crippen LogP contribution >= 0.6 is 0 Å². The number of ether oxygens (including phenoxy) is 1. The lowest BCUT2D eigenvalue weighted by molar-refractivity contribution is 0.0336. The van der Waals surface area contributed by atoms with E-state index < -0.39 is 35.6 Å². The van der Waals surface area contributed by atoms with Crippen LogP contribution in [0.4, 0.5) is 17.6 Å². The number of benzene rings is 1. The summed E-state index contributed by atoms with van der Waals surface area (Å²) >= 11 is 0. The fourth-order valence-corrected chi connectivity index (χ4v) is 4.27. The van der Waals surface area contributed by atoms with Crippen molar-refractivity contribution in [1.82, 2.24) is 14.3 Å². The zero-order valence-electron chi connectivity index (χ0n) is 17.2. The third kappa shape index (κ3) is 3.46. The van der Waals surface area contributed by atoms with Crippen LogP contribution in [0, 0.1) is 11.6 Å². The van der Waals surface area contributed by atoms with E-state index in [4.69, 9.17) is 4.74 Å². The molecule has 3 aromatic heterocycles. The van der Waals surface area contributed by atoms with Crippen LogP contribution in [0.1, 0.15) is 39.6 Å². The number of nitrogens with zero attached hydrogens (tertiary/aromatic N) is 2. The number of alkyl halides is 2. The molecule has 1 aliphatic heterocycles. The summed E-state index contributed by atoms with van der Waals surface area (Å²) in [6.07, 6.45) is 0.333. The molecule has 170 valence electrons. The third-order valence-corrected chi connectivity index (χ3v) is 5.95. The number of halogens is 4. The minimum absolute atomic E-state index is 0.0328. The first-order valence-electron chi connectivity index (χ1n) is 10.0. The zero-order chi connectivity index (χ0) is 23.4. The Labute approximate surface area is 184 Å². The molecule has 5 rings (SSSR count). The summed E-state index contributed by atoms with van der Waals surface area (Å²) in [5.74, 6) is -2.69. The van der Waals surface area contributed by atoms with Crippen molar-refractivity contribution in [3.63, 3.8) is 0 Å². The number of aromatic amines is 1. The summed E-state index contributed by atoms with van der Waals surface area (Å²) in [7, 11) is 1.52. The van der Waals surface area contributed by atoms with E-state index in [-0.39, 0.29) is 35.1 Å². The Morgan fingerprint density at radius 3 is 2.64 bits per heavy atom. The van der Waals surface area contributed by atoms with Crippen molar-refractivity contribution in [3.8, 4) is 0 Å². The molecule has 1 atom stereocenters. The number of H-pyrrole nitrogens is 1. The highest BCUT2D eigenvalue weighted by atomic mass is 19.3. The van der Waals surface area contributed by atoms with E-state index in [1.54, 1.807) is 4.40 Å². The summed E-state index contributed by atoms with van der Waals surface area (Å²) in [5, 5.41) is 0.166. The average Bonchev–Trinajstić information content (AvgIpc) is 3.22. The molecule has 0 saturated carbocycles. The van der Waals surface area contributed by atoms with Gasteiger partial charge < -0.3 is 19.0 Å².